The number of piperidine rings is 1. The number of para-hydroxylation sites is 1. The highest BCUT2D eigenvalue weighted by Gasteiger charge is 2.28. The first-order valence-electron chi connectivity index (χ1n) is 9.26. The van der Waals surface area contributed by atoms with Crippen LogP contribution in [0.15, 0.2) is 66.4 Å². The van der Waals surface area contributed by atoms with E-state index in [-0.39, 0.29) is 0 Å². The predicted octanol–water partition coefficient (Wildman–Crippen LogP) is 3.95. The van der Waals surface area contributed by atoms with Gasteiger partial charge in [-0.25, -0.2) is 0 Å². The number of nitrogens with one attached hydrogen (secondary N) is 1. The molecule has 3 aromatic rings. The number of Topliss-reactive ketones (excluding diaryl/α,β-unsaturated/α-hetero) is 1. The zero-order valence-electron chi connectivity index (χ0n) is 15.3. The lowest BCUT2D eigenvalue weighted by molar-refractivity contribution is -0.126. The van der Waals surface area contributed by atoms with E-state index in [4.69, 9.17) is 0 Å². The number of amides is 1. The molecule has 1 amide bonds. The fourth-order valence-corrected chi connectivity index (χ4v) is 3.70. The van der Waals surface area contributed by atoms with E-state index >= 15 is 0 Å². The van der Waals surface area contributed by atoms with Crippen molar-refractivity contribution in [2.24, 2.45) is 0 Å². The molecule has 0 aliphatic carbocycles. The van der Waals surface area contributed by atoms with Crippen molar-refractivity contribution in [2.75, 3.05) is 13.1 Å². The Bertz CT molecular complexity index is 1110. The largest absolute Gasteiger partial charge is 0.360 e. The lowest BCUT2D eigenvalue weighted by atomic mass is 9.93. The van der Waals surface area contributed by atoms with Crippen LogP contribution in [-0.2, 0) is 4.79 Å². The highest BCUT2D eigenvalue weighted by atomic mass is 16.2. The highest BCUT2D eigenvalue weighted by molar-refractivity contribution is 6.44. The molecule has 1 fully saturated rings. The number of nitrogens with zero attached hydrogens (tertiary/aromatic N) is 2. The number of aromatic nitrogens is 1. The summed E-state index contributed by atoms with van der Waals surface area (Å²) in [7, 11) is 0. The number of nitriles is 1. The summed E-state index contributed by atoms with van der Waals surface area (Å²) in [6.45, 7) is 0.889. The van der Waals surface area contributed by atoms with E-state index < -0.39 is 11.7 Å². The van der Waals surface area contributed by atoms with Gasteiger partial charge in [-0.05, 0) is 30.0 Å². The van der Waals surface area contributed by atoms with Crippen LogP contribution in [0, 0.1) is 11.3 Å². The number of hydrogen-bond donors (Lipinski definition) is 1. The van der Waals surface area contributed by atoms with Crippen molar-refractivity contribution in [3.8, 4) is 6.07 Å². The van der Waals surface area contributed by atoms with Crippen molar-refractivity contribution < 1.29 is 9.59 Å². The number of aromatic amines is 1. The molecular weight excluding hydrogens is 350 g/mol. The van der Waals surface area contributed by atoms with Gasteiger partial charge < -0.3 is 9.88 Å². The number of rotatable bonds is 3. The first-order valence-corrected chi connectivity index (χ1v) is 9.26. The van der Waals surface area contributed by atoms with Gasteiger partial charge in [0.05, 0.1) is 17.2 Å². The molecule has 0 radical (unpaired) electrons. The normalized spacial score (nSPS) is 14.0. The molecule has 1 aromatic heterocycles. The number of H-pyrrole nitrogens is 1. The summed E-state index contributed by atoms with van der Waals surface area (Å²) in [6.07, 6.45) is 2.80. The minimum absolute atomic E-state index is 0.406. The third-order valence-corrected chi connectivity index (χ3v) is 5.21. The van der Waals surface area contributed by atoms with Crippen LogP contribution in [0.3, 0.4) is 0 Å². The Hall–Kier alpha value is -3.65. The van der Waals surface area contributed by atoms with E-state index in [2.05, 4.69) is 11.1 Å². The van der Waals surface area contributed by atoms with E-state index in [1.54, 1.807) is 11.1 Å². The van der Waals surface area contributed by atoms with Gasteiger partial charge in [0.2, 0.25) is 0 Å². The maximum Gasteiger partial charge on any atom is 0.295 e. The molecule has 1 saturated heterocycles. The fourth-order valence-electron chi connectivity index (χ4n) is 3.70. The summed E-state index contributed by atoms with van der Waals surface area (Å²) in [5, 5.41) is 10.3. The van der Waals surface area contributed by atoms with Crippen LogP contribution < -0.4 is 0 Å². The topological polar surface area (TPSA) is 77.0 Å². The van der Waals surface area contributed by atoms with Gasteiger partial charge in [-0.15, -0.1) is 0 Å². The minimum Gasteiger partial charge on any atom is -0.360 e. The molecule has 2 aromatic carbocycles. The molecule has 0 bridgehead atoms. The molecule has 2 heterocycles. The second kappa shape index (κ2) is 7.53. The molecule has 0 unspecified atom stereocenters. The van der Waals surface area contributed by atoms with Crippen molar-refractivity contribution in [3.05, 3.63) is 77.5 Å². The van der Waals surface area contributed by atoms with Crippen molar-refractivity contribution in [1.82, 2.24) is 9.88 Å². The Morgan fingerprint density at radius 1 is 0.964 bits per heavy atom. The molecule has 5 nitrogen and oxygen atoms in total. The third kappa shape index (κ3) is 3.21. The number of fused-ring (bicyclic) bond motifs is 1. The van der Waals surface area contributed by atoms with E-state index in [1.165, 1.54) is 0 Å². The van der Waals surface area contributed by atoms with Gasteiger partial charge in [0.1, 0.15) is 0 Å². The van der Waals surface area contributed by atoms with Gasteiger partial charge in [-0.2, -0.15) is 5.26 Å². The molecule has 0 saturated carbocycles. The van der Waals surface area contributed by atoms with E-state index in [0.717, 1.165) is 22.0 Å². The Morgan fingerprint density at radius 3 is 2.36 bits per heavy atom. The number of ketones is 1. The third-order valence-electron chi connectivity index (χ3n) is 5.21. The molecule has 4 rings (SSSR count). The van der Waals surface area contributed by atoms with Gasteiger partial charge >= 0.3 is 0 Å². The molecule has 28 heavy (non-hydrogen) atoms. The molecule has 0 atom stereocenters. The summed E-state index contributed by atoms with van der Waals surface area (Å²) in [5.41, 5.74) is 3.86. The quantitative estimate of drug-likeness (QED) is 0.431. The maximum absolute atomic E-state index is 12.7. The molecule has 5 heteroatoms. The number of allylic oxidation sites excluding steroid dienone is 1. The number of carbonyl (C=O) groups is 2. The Labute approximate surface area is 162 Å². The fraction of sp³-hybridized carbons (Fsp3) is 0.174. The summed E-state index contributed by atoms with van der Waals surface area (Å²) >= 11 is 0. The summed E-state index contributed by atoms with van der Waals surface area (Å²) in [5.74, 6) is -0.976. The average molecular weight is 369 g/mol. The van der Waals surface area contributed by atoms with Crippen LogP contribution in [-0.4, -0.2) is 34.7 Å². The van der Waals surface area contributed by atoms with Crippen molar-refractivity contribution in [1.29, 1.82) is 5.26 Å². The second-order valence-corrected chi connectivity index (χ2v) is 6.83. The molecule has 0 spiro atoms. The molecule has 1 aliphatic heterocycles. The van der Waals surface area contributed by atoms with Gasteiger partial charge in [0, 0.05) is 30.2 Å². The van der Waals surface area contributed by atoms with Crippen LogP contribution >= 0.6 is 0 Å². The van der Waals surface area contributed by atoms with Crippen molar-refractivity contribution in [2.45, 2.75) is 12.8 Å². The van der Waals surface area contributed by atoms with Crippen LogP contribution in [0.2, 0.25) is 0 Å². The van der Waals surface area contributed by atoms with Crippen molar-refractivity contribution in [3.63, 3.8) is 0 Å². The van der Waals surface area contributed by atoms with Crippen LogP contribution in [0.1, 0.15) is 28.8 Å². The summed E-state index contributed by atoms with van der Waals surface area (Å²) < 4.78 is 0. The van der Waals surface area contributed by atoms with E-state index in [1.807, 2.05) is 54.6 Å². The van der Waals surface area contributed by atoms with Gasteiger partial charge in [0.15, 0.2) is 0 Å². The highest BCUT2D eigenvalue weighted by Crippen LogP contribution is 2.27. The second-order valence-electron chi connectivity index (χ2n) is 6.83. The monoisotopic (exact) mass is 369 g/mol. The zero-order valence-corrected chi connectivity index (χ0v) is 15.3. The van der Waals surface area contributed by atoms with Crippen LogP contribution in [0.25, 0.3) is 16.5 Å². The van der Waals surface area contributed by atoms with E-state index in [9.17, 15) is 14.9 Å². The minimum atomic E-state index is -0.492. The molecular formula is C23H19N3O2. The van der Waals surface area contributed by atoms with Gasteiger partial charge in [-0.1, -0.05) is 48.5 Å². The molecule has 138 valence electrons. The lowest BCUT2D eigenvalue weighted by Crippen LogP contribution is -2.40. The lowest BCUT2D eigenvalue weighted by Gasteiger charge is -2.28. The van der Waals surface area contributed by atoms with Crippen LogP contribution in [0.5, 0.6) is 0 Å². The number of likely N-dealkylation sites (tertiary alicyclic amines) is 1. The van der Waals surface area contributed by atoms with Crippen molar-refractivity contribution >= 4 is 28.2 Å². The zero-order chi connectivity index (χ0) is 19.5. The smallest absolute Gasteiger partial charge is 0.295 e. The standard InChI is InChI=1S/C23H19N3O2/c24-14-19(16-6-2-1-3-7-16)17-10-12-26(13-11-17)23(28)22(27)20-15-25-21-9-5-4-8-18(20)21/h1-9,15,25H,10-13H2. The number of benzene rings is 2. The molecule has 1 aliphatic rings. The summed E-state index contributed by atoms with van der Waals surface area (Å²) in [4.78, 5) is 30.1. The van der Waals surface area contributed by atoms with E-state index in [0.29, 0.717) is 37.1 Å². The van der Waals surface area contributed by atoms with Gasteiger partial charge in [-0.3, -0.25) is 9.59 Å². The van der Waals surface area contributed by atoms with Crippen LogP contribution in [0.4, 0.5) is 0 Å². The van der Waals surface area contributed by atoms with Gasteiger partial charge in [0.25, 0.3) is 11.7 Å². The Morgan fingerprint density at radius 2 is 1.64 bits per heavy atom. The average Bonchev–Trinajstić information content (AvgIpc) is 3.19. The summed E-state index contributed by atoms with van der Waals surface area (Å²) in [6, 6.07) is 19.3. The Kier molecular flexibility index (Phi) is 4.77. The first-order chi connectivity index (χ1) is 13.7. The Balaban J connectivity index is 1.50. The predicted molar refractivity (Wildman–Crippen MR) is 107 cm³/mol. The maximum atomic E-state index is 12.7. The first kappa shape index (κ1) is 17.7. The number of hydrogen-bond acceptors (Lipinski definition) is 3. The number of carbonyl (C=O) groups excluding carboxylic acids is 2. The SMILES string of the molecule is N#CC(=C1CCN(C(=O)C(=O)c2c[nH]c3ccccc23)CC1)c1ccccc1. The molecule has 1 N–H and O–H groups in total.